The summed E-state index contributed by atoms with van der Waals surface area (Å²) >= 11 is 0. The quantitative estimate of drug-likeness (QED) is 0.370. The SMILES string of the molecule is CCc1cc(-c2ccccc2)c(O)cc1OCCCCCC(C)(C)c1nn[nH]n1.[Na]. The van der Waals surface area contributed by atoms with E-state index in [2.05, 4.69) is 41.4 Å². The molecule has 3 rings (SSSR count). The first-order valence-corrected chi connectivity index (χ1v) is 10.3. The predicted molar refractivity (Wildman–Crippen MR) is 120 cm³/mol. The fourth-order valence-electron chi connectivity index (χ4n) is 3.46. The van der Waals surface area contributed by atoms with E-state index in [1.807, 2.05) is 36.4 Å². The van der Waals surface area contributed by atoms with Crippen molar-refractivity contribution < 1.29 is 9.84 Å². The van der Waals surface area contributed by atoms with E-state index in [9.17, 15) is 5.11 Å². The van der Waals surface area contributed by atoms with Crippen LogP contribution in [0.1, 0.15) is 57.8 Å². The van der Waals surface area contributed by atoms with Crippen LogP contribution in [0.2, 0.25) is 0 Å². The molecular weight excluding hydrogens is 387 g/mol. The maximum Gasteiger partial charge on any atom is 0.180 e. The first kappa shape index (κ1) is 24.4. The summed E-state index contributed by atoms with van der Waals surface area (Å²) in [5.41, 5.74) is 2.89. The average molecular weight is 418 g/mol. The Morgan fingerprint density at radius 3 is 2.50 bits per heavy atom. The van der Waals surface area contributed by atoms with Crippen molar-refractivity contribution in [3.8, 4) is 22.6 Å². The summed E-state index contributed by atoms with van der Waals surface area (Å²) in [7, 11) is 0. The molecular formula is C23H30N4NaO2. The normalized spacial score (nSPS) is 11.2. The zero-order valence-electron chi connectivity index (χ0n) is 18.5. The van der Waals surface area contributed by atoms with Gasteiger partial charge in [0.05, 0.1) is 6.61 Å². The number of aryl methyl sites for hydroxylation is 1. The molecule has 0 saturated heterocycles. The first-order valence-electron chi connectivity index (χ1n) is 10.3. The van der Waals surface area contributed by atoms with Gasteiger partial charge in [0.2, 0.25) is 0 Å². The zero-order valence-corrected chi connectivity index (χ0v) is 20.5. The molecule has 2 aromatic carbocycles. The van der Waals surface area contributed by atoms with Gasteiger partial charge in [-0.25, -0.2) is 0 Å². The second-order valence-electron chi connectivity index (χ2n) is 7.98. The predicted octanol–water partition coefficient (Wildman–Crippen LogP) is 4.67. The standard InChI is InChI=1S/C23H30N4O2.Na/c1-4-17-15-19(18-11-7-5-8-12-18)20(28)16-21(17)29-14-10-6-9-13-23(2,3)22-24-26-27-25-22;/h5,7-8,11-12,15-16,28H,4,6,9-10,13-14H2,1-3H3,(H,24,25,26,27);. The molecule has 30 heavy (non-hydrogen) atoms. The Hall–Kier alpha value is -1.89. The van der Waals surface area contributed by atoms with Crippen LogP contribution >= 0.6 is 0 Å². The van der Waals surface area contributed by atoms with E-state index >= 15 is 0 Å². The summed E-state index contributed by atoms with van der Waals surface area (Å²) in [6.45, 7) is 7.02. The summed E-state index contributed by atoms with van der Waals surface area (Å²) in [6, 6.07) is 13.7. The van der Waals surface area contributed by atoms with Crippen molar-refractivity contribution in [3.05, 3.63) is 53.9 Å². The van der Waals surface area contributed by atoms with E-state index in [1.54, 1.807) is 6.07 Å². The van der Waals surface area contributed by atoms with E-state index in [4.69, 9.17) is 4.74 Å². The number of hydrogen-bond donors (Lipinski definition) is 2. The van der Waals surface area contributed by atoms with Gasteiger partial charge in [-0.05, 0) is 36.5 Å². The molecule has 0 unspecified atom stereocenters. The Bertz CT molecular complexity index is 899. The number of benzene rings is 2. The number of nitrogens with one attached hydrogen (secondary N) is 1. The van der Waals surface area contributed by atoms with Crippen molar-refractivity contribution in [1.29, 1.82) is 0 Å². The molecule has 0 aliphatic rings. The van der Waals surface area contributed by atoms with Gasteiger partial charge >= 0.3 is 0 Å². The topological polar surface area (TPSA) is 83.9 Å². The summed E-state index contributed by atoms with van der Waals surface area (Å²) in [6.07, 6.45) is 4.96. The smallest absolute Gasteiger partial charge is 0.180 e. The molecule has 0 aliphatic carbocycles. The number of unbranched alkanes of at least 4 members (excludes halogenated alkanes) is 2. The van der Waals surface area contributed by atoms with Crippen molar-refractivity contribution in [2.45, 2.75) is 58.3 Å². The summed E-state index contributed by atoms with van der Waals surface area (Å²) in [4.78, 5) is 0. The van der Waals surface area contributed by atoms with Crippen molar-refractivity contribution in [2.75, 3.05) is 6.61 Å². The molecule has 0 fully saturated rings. The summed E-state index contributed by atoms with van der Waals surface area (Å²) in [5.74, 6) is 1.79. The number of aromatic hydroxyl groups is 1. The molecule has 0 amide bonds. The van der Waals surface area contributed by atoms with E-state index in [1.165, 1.54) is 0 Å². The number of aromatic nitrogens is 4. The van der Waals surface area contributed by atoms with Gasteiger partial charge in [-0.15, -0.1) is 10.2 Å². The fraction of sp³-hybridized carbons (Fsp3) is 0.435. The van der Waals surface area contributed by atoms with E-state index in [0.717, 1.165) is 60.4 Å². The van der Waals surface area contributed by atoms with Crippen molar-refractivity contribution in [1.82, 2.24) is 20.6 Å². The molecule has 155 valence electrons. The molecule has 0 saturated carbocycles. The zero-order chi connectivity index (χ0) is 20.7. The Morgan fingerprint density at radius 1 is 1.07 bits per heavy atom. The van der Waals surface area contributed by atoms with Crippen LogP contribution in [0.25, 0.3) is 11.1 Å². The largest absolute Gasteiger partial charge is 0.507 e. The minimum absolute atomic E-state index is 0. The molecule has 0 spiro atoms. The van der Waals surface area contributed by atoms with Gasteiger partial charge < -0.3 is 9.84 Å². The minimum Gasteiger partial charge on any atom is -0.507 e. The van der Waals surface area contributed by atoms with Crippen molar-refractivity contribution >= 4 is 29.6 Å². The maximum absolute atomic E-state index is 10.5. The second-order valence-corrected chi connectivity index (χ2v) is 7.98. The third-order valence-corrected chi connectivity index (χ3v) is 5.30. The monoisotopic (exact) mass is 417 g/mol. The summed E-state index contributed by atoms with van der Waals surface area (Å²) in [5, 5.41) is 24.9. The molecule has 0 aliphatic heterocycles. The molecule has 2 N–H and O–H groups in total. The van der Waals surface area contributed by atoms with Gasteiger partial charge in [0.15, 0.2) is 5.82 Å². The Kier molecular flexibility index (Phi) is 9.34. The second kappa shape index (κ2) is 11.5. The van der Waals surface area contributed by atoms with Crippen LogP contribution in [0, 0.1) is 0 Å². The minimum atomic E-state index is -0.0811. The first-order chi connectivity index (χ1) is 14.0. The molecule has 0 bridgehead atoms. The van der Waals surface area contributed by atoms with Gasteiger partial charge in [0.1, 0.15) is 11.5 Å². The number of tetrazole rings is 1. The van der Waals surface area contributed by atoms with Crippen LogP contribution in [0.4, 0.5) is 0 Å². The van der Waals surface area contributed by atoms with Crippen molar-refractivity contribution in [2.24, 2.45) is 0 Å². The maximum atomic E-state index is 10.5. The third-order valence-electron chi connectivity index (χ3n) is 5.30. The Labute approximate surface area is 200 Å². The molecule has 7 heteroatoms. The van der Waals surface area contributed by atoms with Gasteiger partial charge in [-0.1, -0.05) is 69.2 Å². The van der Waals surface area contributed by atoms with Gasteiger partial charge in [-0.2, -0.15) is 5.21 Å². The Morgan fingerprint density at radius 2 is 1.83 bits per heavy atom. The molecule has 6 nitrogen and oxygen atoms in total. The summed E-state index contributed by atoms with van der Waals surface area (Å²) < 4.78 is 6.00. The van der Waals surface area contributed by atoms with Crippen LogP contribution < -0.4 is 4.74 Å². The average Bonchev–Trinajstić information content (AvgIpc) is 3.27. The molecule has 3 aromatic rings. The number of ether oxygens (including phenoxy) is 1. The van der Waals surface area contributed by atoms with Crippen LogP contribution in [-0.2, 0) is 11.8 Å². The molecule has 1 radical (unpaired) electrons. The fourth-order valence-corrected chi connectivity index (χ4v) is 3.46. The van der Waals surface area contributed by atoms with E-state index in [0.29, 0.717) is 6.61 Å². The number of H-pyrrole nitrogens is 1. The van der Waals surface area contributed by atoms with E-state index < -0.39 is 0 Å². The van der Waals surface area contributed by atoms with Crippen LogP contribution in [0.3, 0.4) is 0 Å². The number of rotatable bonds is 10. The van der Waals surface area contributed by atoms with Crippen LogP contribution in [0.15, 0.2) is 42.5 Å². The number of phenolic OH excluding ortho intramolecular Hbond substituents is 1. The van der Waals surface area contributed by atoms with Gasteiger partial charge in [0, 0.05) is 46.6 Å². The molecule has 1 heterocycles. The number of aromatic amines is 1. The molecule has 0 atom stereocenters. The number of nitrogens with zero attached hydrogens (tertiary/aromatic N) is 3. The van der Waals surface area contributed by atoms with Crippen LogP contribution in [0.5, 0.6) is 11.5 Å². The molecule has 1 aromatic heterocycles. The van der Waals surface area contributed by atoms with Crippen molar-refractivity contribution in [3.63, 3.8) is 0 Å². The van der Waals surface area contributed by atoms with Gasteiger partial charge in [-0.3, -0.25) is 0 Å². The third kappa shape index (κ3) is 6.30. The number of phenols is 1. The van der Waals surface area contributed by atoms with Gasteiger partial charge in [0.25, 0.3) is 0 Å². The number of hydrogen-bond acceptors (Lipinski definition) is 5. The Balaban J connectivity index is 0.00000320. The van der Waals surface area contributed by atoms with E-state index in [-0.39, 0.29) is 40.7 Å². The van der Waals surface area contributed by atoms with Crippen LogP contribution in [-0.4, -0.2) is 61.9 Å².